The minimum atomic E-state index is 0.775. The molecule has 1 aliphatic rings. The van der Waals surface area contributed by atoms with Gasteiger partial charge in [-0.05, 0) is 53.9 Å². The summed E-state index contributed by atoms with van der Waals surface area (Å²) in [5.74, 6) is 0.775. The standard InChI is InChI=1S/C23H30.CHN/c1-2-3-6-14-21-17-11-18-22(19-12-7-4-8-13-19)23(21)20-15-9-5-10-16-20;1-2/h4,7-8,11-13,17-18,20H,2-3,5-6,9-10,14-16H2,1H3;1H. The van der Waals surface area contributed by atoms with Gasteiger partial charge in [0.25, 0.3) is 0 Å². The van der Waals surface area contributed by atoms with Crippen LogP contribution in [0.5, 0.6) is 0 Å². The Morgan fingerprint density at radius 1 is 0.880 bits per heavy atom. The molecule has 1 nitrogen and oxygen atoms in total. The largest absolute Gasteiger partial charge is 0.202 e. The molecule has 1 fully saturated rings. The Balaban J connectivity index is 0.00000109. The van der Waals surface area contributed by atoms with E-state index in [-0.39, 0.29) is 0 Å². The minimum absolute atomic E-state index is 0.775. The Morgan fingerprint density at radius 2 is 1.60 bits per heavy atom. The molecule has 0 heterocycles. The summed E-state index contributed by atoms with van der Waals surface area (Å²) >= 11 is 0. The first kappa shape index (κ1) is 19.3. The summed E-state index contributed by atoms with van der Waals surface area (Å²) < 4.78 is 0. The van der Waals surface area contributed by atoms with Crippen LogP contribution in [-0.2, 0) is 6.42 Å². The predicted molar refractivity (Wildman–Crippen MR) is 108 cm³/mol. The van der Waals surface area contributed by atoms with Gasteiger partial charge in [-0.3, -0.25) is 0 Å². The van der Waals surface area contributed by atoms with Crippen molar-refractivity contribution in [2.24, 2.45) is 0 Å². The Bertz CT molecular complexity index is 636. The van der Waals surface area contributed by atoms with Gasteiger partial charge in [-0.15, -0.1) is 0 Å². The maximum Gasteiger partial charge on any atom is 0.0462 e. The molecular formula is C24H31N. The third-order valence-electron chi connectivity index (χ3n) is 5.34. The molecule has 1 saturated carbocycles. The van der Waals surface area contributed by atoms with Crippen LogP contribution >= 0.6 is 0 Å². The van der Waals surface area contributed by atoms with Gasteiger partial charge in [0.2, 0.25) is 0 Å². The molecule has 0 spiro atoms. The van der Waals surface area contributed by atoms with Crippen LogP contribution in [-0.4, -0.2) is 0 Å². The van der Waals surface area contributed by atoms with E-state index in [9.17, 15) is 0 Å². The minimum Gasteiger partial charge on any atom is -0.202 e. The Hall–Kier alpha value is -2.07. The molecule has 0 unspecified atom stereocenters. The summed E-state index contributed by atoms with van der Waals surface area (Å²) in [6.45, 7) is 5.79. The van der Waals surface area contributed by atoms with Gasteiger partial charge in [0.05, 0.1) is 0 Å². The lowest BCUT2D eigenvalue weighted by molar-refractivity contribution is 0.442. The molecule has 0 N–H and O–H groups in total. The first-order valence-electron chi connectivity index (χ1n) is 9.83. The predicted octanol–water partition coefficient (Wildman–Crippen LogP) is 7.27. The number of nitrogens with zero attached hydrogens (tertiary/aromatic N) is 1. The molecule has 25 heavy (non-hydrogen) atoms. The van der Waals surface area contributed by atoms with E-state index >= 15 is 0 Å². The molecule has 1 aliphatic carbocycles. The summed E-state index contributed by atoms with van der Waals surface area (Å²) in [4.78, 5) is 0. The van der Waals surface area contributed by atoms with E-state index in [1.54, 1.807) is 11.1 Å². The molecule has 132 valence electrons. The third-order valence-corrected chi connectivity index (χ3v) is 5.34. The molecule has 0 radical (unpaired) electrons. The quantitative estimate of drug-likeness (QED) is 0.510. The number of unbranched alkanes of at least 4 members (excludes halogenated alkanes) is 2. The highest BCUT2D eigenvalue weighted by atomic mass is 14.3. The normalized spacial score (nSPS) is 14.5. The van der Waals surface area contributed by atoms with Crippen LogP contribution in [0.15, 0.2) is 48.5 Å². The van der Waals surface area contributed by atoms with E-state index in [2.05, 4.69) is 62.0 Å². The van der Waals surface area contributed by atoms with E-state index < -0.39 is 0 Å². The molecule has 0 atom stereocenters. The van der Waals surface area contributed by atoms with E-state index in [0.717, 1.165) is 5.92 Å². The van der Waals surface area contributed by atoms with E-state index in [1.807, 2.05) is 0 Å². The van der Waals surface area contributed by atoms with Crippen LogP contribution in [0, 0.1) is 11.8 Å². The van der Waals surface area contributed by atoms with E-state index in [0.29, 0.717) is 0 Å². The molecular weight excluding hydrogens is 302 g/mol. The Kier molecular flexibility index (Phi) is 8.26. The highest BCUT2D eigenvalue weighted by Gasteiger charge is 2.21. The molecule has 2 aromatic carbocycles. The number of aryl methyl sites for hydroxylation is 1. The second-order valence-electron chi connectivity index (χ2n) is 7.04. The van der Waals surface area contributed by atoms with Gasteiger partial charge in [0.1, 0.15) is 0 Å². The average Bonchev–Trinajstić information content (AvgIpc) is 2.71. The molecule has 0 bridgehead atoms. The van der Waals surface area contributed by atoms with Gasteiger partial charge in [-0.2, -0.15) is 0 Å². The molecule has 2 aromatic rings. The SMILES string of the molecule is C#N.CCCCCc1cccc(-c2ccccc2)c1C1CCCCC1. The van der Waals surface area contributed by atoms with E-state index in [1.165, 1.54) is 68.9 Å². The highest BCUT2D eigenvalue weighted by Crippen LogP contribution is 2.40. The number of benzene rings is 2. The maximum atomic E-state index is 6.50. The second kappa shape index (κ2) is 10.7. The van der Waals surface area contributed by atoms with Crippen molar-refractivity contribution in [2.45, 2.75) is 70.6 Å². The number of rotatable bonds is 6. The van der Waals surface area contributed by atoms with Crippen LogP contribution < -0.4 is 0 Å². The Labute approximate surface area is 153 Å². The fourth-order valence-corrected chi connectivity index (χ4v) is 4.14. The van der Waals surface area contributed by atoms with E-state index in [4.69, 9.17) is 5.26 Å². The summed E-state index contributed by atoms with van der Waals surface area (Å²) in [6.07, 6.45) is 12.2. The highest BCUT2D eigenvalue weighted by molar-refractivity contribution is 5.69. The maximum absolute atomic E-state index is 6.50. The lowest BCUT2D eigenvalue weighted by Crippen LogP contribution is -2.09. The van der Waals surface area contributed by atoms with Gasteiger partial charge in [-0.1, -0.05) is 87.6 Å². The smallest absolute Gasteiger partial charge is 0.0462 e. The topological polar surface area (TPSA) is 23.8 Å². The molecule has 3 rings (SSSR count). The molecule has 0 aliphatic heterocycles. The van der Waals surface area contributed by atoms with Crippen LogP contribution in [0.1, 0.15) is 75.3 Å². The zero-order valence-electron chi connectivity index (χ0n) is 15.6. The van der Waals surface area contributed by atoms with Crippen molar-refractivity contribution in [3.63, 3.8) is 0 Å². The summed E-state index contributed by atoms with van der Waals surface area (Å²) in [6, 6.07) is 18.0. The van der Waals surface area contributed by atoms with Gasteiger partial charge in [-0.25, -0.2) is 5.26 Å². The van der Waals surface area contributed by atoms with Gasteiger partial charge < -0.3 is 0 Å². The average molecular weight is 334 g/mol. The van der Waals surface area contributed by atoms with Crippen molar-refractivity contribution in [3.8, 4) is 17.7 Å². The number of nitriles is 1. The fourth-order valence-electron chi connectivity index (χ4n) is 4.14. The van der Waals surface area contributed by atoms with Gasteiger partial charge >= 0.3 is 0 Å². The zero-order chi connectivity index (χ0) is 17.9. The number of hydrogen-bond donors (Lipinski definition) is 0. The molecule has 0 saturated heterocycles. The molecule has 1 heteroatoms. The van der Waals surface area contributed by atoms with Crippen molar-refractivity contribution in [1.82, 2.24) is 0 Å². The first-order chi connectivity index (χ1) is 12.4. The zero-order valence-corrected chi connectivity index (χ0v) is 15.6. The van der Waals surface area contributed by atoms with Gasteiger partial charge in [0.15, 0.2) is 0 Å². The summed E-state index contributed by atoms with van der Waals surface area (Å²) in [5.41, 5.74) is 6.18. The van der Waals surface area contributed by atoms with Crippen molar-refractivity contribution < 1.29 is 0 Å². The van der Waals surface area contributed by atoms with Crippen molar-refractivity contribution in [1.29, 1.82) is 5.26 Å². The van der Waals surface area contributed by atoms with Crippen LogP contribution in [0.3, 0.4) is 0 Å². The summed E-state index contributed by atoms with van der Waals surface area (Å²) in [5, 5.41) is 6.50. The van der Waals surface area contributed by atoms with Gasteiger partial charge in [0, 0.05) is 6.57 Å². The lowest BCUT2D eigenvalue weighted by atomic mass is 9.78. The first-order valence-corrected chi connectivity index (χ1v) is 9.83. The van der Waals surface area contributed by atoms with Crippen molar-refractivity contribution >= 4 is 0 Å². The number of hydrogen-bond acceptors (Lipinski definition) is 1. The second-order valence-corrected chi connectivity index (χ2v) is 7.04. The monoisotopic (exact) mass is 333 g/mol. The third kappa shape index (κ3) is 5.20. The van der Waals surface area contributed by atoms with Crippen LogP contribution in [0.2, 0.25) is 0 Å². The Morgan fingerprint density at radius 3 is 2.28 bits per heavy atom. The fraction of sp³-hybridized carbons (Fsp3) is 0.458. The summed E-state index contributed by atoms with van der Waals surface area (Å²) in [7, 11) is 0. The van der Waals surface area contributed by atoms with Crippen LogP contribution in [0.4, 0.5) is 0 Å². The lowest BCUT2D eigenvalue weighted by Gasteiger charge is -2.27. The van der Waals surface area contributed by atoms with Crippen molar-refractivity contribution in [2.75, 3.05) is 0 Å². The van der Waals surface area contributed by atoms with Crippen LogP contribution in [0.25, 0.3) is 11.1 Å². The van der Waals surface area contributed by atoms with Crippen molar-refractivity contribution in [3.05, 3.63) is 59.7 Å². The molecule has 0 amide bonds. The molecule has 0 aromatic heterocycles.